The van der Waals surface area contributed by atoms with Crippen molar-refractivity contribution in [3.8, 4) is 10.4 Å². The topological polar surface area (TPSA) is 93.1 Å². The number of nitrogens with one attached hydrogen (secondary N) is 2. The first kappa shape index (κ1) is 22.8. The van der Waals surface area contributed by atoms with Crippen LogP contribution in [0.25, 0.3) is 20.7 Å². The fraction of sp³-hybridized carbons (Fsp3) is 0.167. The number of hydrogen-bond donors (Lipinski definition) is 2. The van der Waals surface area contributed by atoms with Crippen molar-refractivity contribution in [3.63, 3.8) is 0 Å². The van der Waals surface area contributed by atoms with Crippen LogP contribution in [0.2, 0.25) is 0 Å². The third-order valence-electron chi connectivity index (χ3n) is 4.93. The average molecular weight is 479 g/mol. The van der Waals surface area contributed by atoms with E-state index in [4.69, 9.17) is 4.98 Å². The van der Waals surface area contributed by atoms with E-state index in [9.17, 15) is 14.4 Å². The zero-order chi connectivity index (χ0) is 23.4. The number of carbonyl (C=O) groups is 2. The van der Waals surface area contributed by atoms with Gasteiger partial charge in [-0.1, -0.05) is 71.9 Å². The molecular formula is C24H22N4O3S2. The van der Waals surface area contributed by atoms with Crippen LogP contribution in [0.5, 0.6) is 0 Å². The van der Waals surface area contributed by atoms with Gasteiger partial charge >= 0.3 is 6.03 Å². The number of thiophene rings is 1. The van der Waals surface area contributed by atoms with E-state index in [1.54, 1.807) is 4.57 Å². The number of imide groups is 1. The van der Waals surface area contributed by atoms with Crippen molar-refractivity contribution < 1.29 is 9.59 Å². The van der Waals surface area contributed by atoms with Gasteiger partial charge in [0.05, 0.1) is 17.8 Å². The van der Waals surface area contributed by atoms with Crippen molar-refractivity contribution in [1.82, 2.24) is 20.2 Å². The van der Waals surface area contributed by atoms with Gasteiger partial charge in [-0.3, -0.25) is 19.5 Å². The van der Waals surface area contributed by atoms with Crippen molar-refractivity contribution in [3.05, 3.63) is 82.1 Å². The molecule has 3 amide bonds. The number of urea groups is 1. The summed E-state index contributed by atoms with van der Waals surface area (Å²) in [6, 6.07) is 19.1. The van der Waals surface area contributed by atoms with Gasteiger partial charge in [-0.2, -0.15) is 0 Å². The van der Waals surface area contributed by atoms with Gasteiger partial charge in [0.25, 0.3) is 5.56 Å². The van der Waals surface area contributed by atoms with Crippen LogP contribution in [0, 0.1) is 6.92 Å². The van der Waals surface area contributed by atoms with E-state index in [0.717, 1.165) is 33.3 Å². The molecule has 0 fully saturated rings. The number of fused-ring (bicyclic) bond motifs is 1. The van der Waals surface area contributed by atoms with E-state index in [1.807, 2.05) is 67.6 Å². The maximum Gasteiger partial charge on any atom is 0.321 e. The first-order valence-electron chi connectivity index (χ1n) is 10.2. The van der Waals surface area contributed by atoms with Gasteiger partial charge in [0.15, 0.2) is 5.16 Å². The Labute approximate surface area is 198 Å². The summed E-state index contributed by atoms with van der Waals surface area (Å²) >= 11 is 2.54. The highest BCUT2D eigenvalue weighted by atomic mass is 32.2. The molecule has 4 aromatic rings. The lowest BCUT2D eigenvalue weighted by atomic mass is 10.1. The van der Waals surface area contributed by atoms with Crippen molar-refractivity contribution in [1.29, 1.82) is 0 Å². The number of thioether (sulfide) groups is 1. The molecule has 0 bridgehead atoms. The first-order chi connectivity index (χ1) is 15.9. The highest BCUT2D eigenvalue weighted by Gasteiger charge is 2.17. The molecule has 168 valence electrons. The van der Waals surface area contributed by atoms with E-state index in [-0.39, 0.29) is 11.3 Å². The van der Waals surface area contributed by atoms with E-state index in [1.165, 1.54) is 18.4 Å². The molecule has 0 unspecified atom stereocenters. The summed E-state index contributed by atoms with van der Waals surface area (Å²) in [6.07, 6.45) is 0. The van der Waals surface area contributed by atoms with Gasteiger partial charge in [-0.25, -0.2) is 9.78 Å². The Balaban J connectivity index is 1.73. The third-order valence-corrected chi connectivity index (χ3v) is 7.07. The fourth-order valence-corrected chi connectivity index (χ4v) is 5.07. The molecule has 2 aromatic heterocycles. The van der Waals surface area contributed by atoms with Crippen LogP contribution in [-0.4, -0.2) is 34.3 Å². The second-order valence-electron chi connectivity index (χ2n) is 7.38. The number of aryl methyl sites for hydroxylation is 1. The van der Waals surface area contributed by atoms with Crippen molar-refractivity contribution >= 4 is 45.3 Å². The summed E-state index contributed by atoms with van der Waals surface area (Å²) in [6.45, 7) is 2.36. The minimum absolute atomic E-state index is 0.0465. The van der Waals surface area contributed by atoms with Gasteiger partial charge in [0.2, 0.25) is 5.91 Å². The molecule has 9 heteroatoms. The Kier molecular flexibility index (Phi) is 6.90. The van der Waals surface area contributed by atoms with Crippen LogP contribution in [0.1, 0.15) is 11.1 Å². The molecule has 0 radical (unpaired) electrons. The van der Waals surface area contributed by atoms with Crippen LogP contribution in [-0.2, 0) is 11.3 Å². The summed E-state index contributed by atoms with van der Waals surface area (Å²) in [5, 5.41) is 5.00. The molecule has 2 aromatic carbocycles. The largest absolute Gasteiger partial charge is 0.341 e. The second kappa shape index (κ2) is 10.0. The molecular weight excluding hydrogens is 456 g/mol. The van der Waals surface area contributed by atoms with Gasteiger partial charge in [0.1, 0.15) is 4.70 Å². The quantitative estimate of drug-likeness (QED) is 0.322. The lowest BCUT2D eigenvalue weighted by Crippen LogP contribution is -2.38. The molecule has 33 heavy (non-hydrogen) atoms. The molecule has 2 heterocycles. The monoisotopic (exact) mass is 478 g/mol. The fourth-order valence-electron chi connectivity index (χ4n) is 3.22. The molecule has 2 N–H and O–H groups in total. The number of benzene rings is 2. The Morgan fingerprint density at radius 1 is 1.09 bits per heavy atom. The van der Waals surface area contributed by atoms with E-state index >= 15 is 0 Å². The predicted octanol–water partition coefficient (Wildman–Crippen LogP) is 4.03. The van der Waals surface area contributed by atoms with Crippen LogP contribution in [0.4, 0.5) is 4.79 Å². The highest BCUT2D eigenvalue weighted by molar-refractivity contribution is 7.99. The molecule has 4 rings (SSSR count). The van der Waals surface area contributed by atoms with E-state index in [2.05, 4.69) is 10.6 Å². The van der Waals surface area contributed by atoms with Gasteiger partial charge in [-0.05, 0) is 24.1 Å². The van der Waals surface area contributed by atoms with Crippen molar-refractivity contribution in [2.45, 2.75) is 18.6 Å². The molecule has 0 spiro atoms. The van der Waals surface area contributed by atoms with Crippen LogP contribution < -0.4 is 16.2 Å². The number of aromatic nitrogens is 2. The van der Waals surface area contributed by atoms with Crippen LogP contribution in [0.15, 0.2) is 70.6 Å². The van der Waals surface area contributed by atoms with Crippen LogP contribution in [0.3, 0.4) is 0 Å². The summed E-state index contributed by atoms with van der Waals surface area (Å²) in [7, 11) is 1.44. The maximum absolute atomic E-state index is 13.5. The Morgan fingerprint density at radius 2 is 1.82 bits per heavy atom. The smallest absolute Gasteiger partial charge is 0.321 e. The number of nitrogens with zero attached hydrogens (tertiary/aromatic N) is 2. The summed E-state index contributed by atoms with van der Waals surface area (Å²) in [5.74, 6) is -0.514. The number of carbonyl (C=O) groups excluding carboxylic acids is 2. The maximum atomic E-state index is 13.5. The van der Waals surface area contributed by atoms with Gasteiger partial charge < -0.3 is 5.32 Å². The summed E-state index contributed by atoms with van der Waals surface area (Å²) in [4.78, 5) is 42.7. The first-order valence-corrected chi connectivity index (χ1v) is 12.0. The molecule has 0 aliphatic heterocycles. The number of hydrogen-bond acceptors (Lipinski definition) is 6. The summed E-state index contributed by atoms with van der Waals surface area (Å²) in [5.41, 5.74) is 3.59. The normalized spacial score (nSPS) is 10.8. The molecule has 0 aliphatic carbocycles. The molecule has 0 saturated heterocycles. The minimum atomic E-state index is -0.578. The minimum Gasteiger partial charge on any atom is -0.341 e. The lowest BCUT2D eigenvalue weighted by molar-refractivity contribution is -0.117. The van der Waals surface area contributed by atoms with Gasteiger partial charge in [0, 0.05) is 11.9 Å². The number of rotatable bonds is 6. The zero-order valence-electron chi connectivity index (χ0n) is 18.1. The Hall–Kier alpha value is -3.43. The number of amides is 3. The lowest BCUT2D eigenvalue weighted by Gasteiger charge is -2.12. The van der Waals surface area contributed by atoms with Crippen molar-refractivity contribution in [2.75, 3.05) is 12.8 Å². The average Bonchev–Trinajstić information content (AvgIpc) is 3.25. The molecule has 0 atom stereocenters. The Bertz CT molecular complexity index is 1360. The zero-order valence-corrected chi connectivity index (χ0v) is 19.8. The van der Waals surface area contributed by atoms with Crippen molar-refractivity contribution in [2.24, 2.45) is 0 Å². The SMILES string of the molecule is CNC(=O)NC(=O)CSc1nc2cc(-c3ccc(C)cc3)sc2c(=O)n1Cc1ccccc1. The second-order valence-corrected chi connectivity index (χ2v) is 9.37. The van der Waals surface area contributed by atoms with E-state index in [0.29, 0.717) is 21.9 Å². The van der Waals surface area contributed by atoms with Crippen LogP contribution >= 0.6 is 23.1 Å². The molecule has 7 nitrogen and oxygen atoms in total. The Morgan fingerprint density at radius 3 is 2.52 bits per heavy atom. The summed E-state index contributed by atoms with van der Waals surface area (Å²) < 4.78 is 2.16. The third kappa shape index (κ3) is 5.32. The molecule has 0 aliphatic rings. The van der Waals surface area contributed by atoms with E-state index < -0.39 is 11.9 Å². The standard InChI is InChI=1S/C24H22N4O3S2/c1-15-8-10-17(11-9-15)19-12-18-21(33-19)22(30)28(13-16-6-4-3-5-7-16)24(26-18)32-14-20(29)27-23(31)25-2/h3-12H,13-14H2,1-2H3,(H2,25,27,29,31). The highest BCUT2D eigenvalue weighted by Crippen LogP contribution is 2.32. The molecule has 0 saturated carbocycles. The van der Waals surface area contributed by atoms with Gasteiger partial charge in [-0.15, -0.1) is 11.3 Å². The predicted molar refractivity (Wildman–Crippen MR) is 133 cm³/mol.